The Bertz CT molecular complexity index is 876. The van der Waals surface area contributed by atoms with Crippen LogP contribution in [0.4, 0.5) is 5.13 Å². The van der Waals surface area contributed by atoms with Gasteiger partial charge in [-0.05, 0) is 38.7 Å². The molecule has 0 saturated heterocycles. The predicted octanol–water partition coefficient (Wildman–Crippen LogP) is 2.44. The molecule has 9 heteroatoms. The molecule has 0 spiro atoms. The van der Waals surface area contributed by atoms with E-state index in [2.05, 4.69) is 15.1 Å². The first-order valence-corrected chi connectivity index (χ1v) is 8.98. The van der Waals surface area contributed by atoms with Gasteiger partial charge in [-0.15, -0.1) is 0 Å². The van der Waals surface area contributed by atoms with Crippen molar-refractivity contribution in [3.63, 3.8) is 0 Å². The minimum atomic E-state index is -0.0739. The second kappa shape index (κ2) is 7.47. The van der Waals surface area contributed by atoms with Gasteiger partial charge in [-0.3, -0.25) is 9.69 Å². The normalized spacial score (nSPS) is 11.4. The number of thiazole rings is 1. The van der Waals surface area contributed by atoms with E-state index in [-0.39, 0.29) is 12.5 Å². The van der Waals surface area contributed by atoms with Crippen LogP contribution in [0.1, 0.15) is 5.56 Å². The third-order valence-electron chi connectivity index (χ3n) is 3.80. The molecule has 25 heavy (non-hydrogen) atoms. The number of rotatable bonds is 6. The number of carbonyl (C=O) groups is 1. The quantitative estimate of drug-likeness (QED) is 0.659. The number of amides is 1. The second-order valence-corrected chi connectivity index (χ2v) is 7.37. The molecule has 0 radical (unpaired) electrons. The average Bonchev–Trinajstić information content (AvgIpc) is 3.21. The number of aryl methyl sites for hydroxylation is 1. The van der Waals surface area contributed by atoms with Crippen molar-refractivity contribution in [1.82, 2.24) is 24.6 Å². The highest BCUT2D eigenvalue weighted by atomic mass is 35.5. The average molecular weight is 379 g/mol. The molecule has 7 nitrogen and oxygen atoms in total. The summed E-state index contributed by atoms with van der Waals surface area (Å²) < 4.78 is 2.53. The minimum absolute atomic E-state index is 0.0739. The molecule has 132 valence electrons. The van der Waals surface area contributed by atoms with E-state index < -0.39 is 0 Å². The highest BCUT2D eigenvalue weighted by Gasteiger charge is 2.21. The molecular weight excluding hydrogens is 360 g/mol. The highest BCUT2D eigenvalue weighted by Crippen LogP contribution is 2.33. The fourth-order valence-electron chi connectivity index (χ4n) is 2.37. The Balaban J connectivity index is 1.93. The maximum absolute atomic E-state index is 12.8. The van der Waals surface area contributed by atoms with Gasteiger partial charge in [0.1, 0.15) is 19.2 Å². The first-order chi connectivity index (χ1) is 12.0. The summed E-state index contributed by atoms with van der Waals surface area (Å²) in [4.78, 5) is 25.1. The molecule has 0 fully saturated rings. The summed E-state index contributed by atoms with van der Waals surface area (Å²) in [5.41, 5.74) is 1.77. The van der Waals surface area contributed by atoms with Gasteiger partial charge >= 0.3 is 0 Å². The lowest BCUT2D eigenvalue weighted by Crippen LogP contribution is -2.38. The van der Waals surface area contributed by atoms with Crippen molar-refractivity contribution in [1.29, 1.82) is 0 Å². The summed E-state index contributed by atoms with van der Waals surface area (Å²) in [6.07, 6.45) is 2.95. The molecule has 0 atom stereocenters. The molecule has 0 saturated carbocycles. The first kappa shape index (κ1) is 17.8. The van der Waals surface area contributed by atoms with Crippen molar-refractivity contribution in [2.75, 3.05) is 32.1 Å². The van der Waals surface area contributed by atoms with E-state index >= 15 is 0 Å². The van der Waals surface area contributed by atoms with Gasteiger partial charge in [-0.2, -0.15) is 5.10 Å². The van der Waals surface area contributed by atoms with E-state index in [4.69, 9.17) is 11.6 Å². The van der Waals surface area contributed by atoms with Gasteiger partial charge in [-0.1, -0.05) is 22.9 Å². The molecule has 1 amide bonds. The van der Waals surface area contributed by atoms with Crippen LogP contribution in [-0.4, -0.2) is 57.7 Å². The summed E-state index contributed by atoms with van der Waals surface area (Å²) in [7, 11) is 3.95. The molecule has 1 aromatic carbocycles. The predicted molar refractivity (Wildman–Crippen MR) is 100 cm³/mol. The number of hydrogen-bond acceptors (Lipinski definition) is 6. The van der Waals surface area contributed by atoms with E-state index in [9.17, 15) is 4.79 Å². The van der Waals surface area contributed by atoms with E-state index in [1.807, 2.05) is 38.1 Å². The molecule has 2 aromatic heterocycles. The molecule has 0 bridgehead atoms. The van der Waals surface area contributed by atoms with Gasteiger partial charge in [0, 0.05) is 18.1 Å². The zero-order valence-electron chi connectivity index (χ0n) is 14.3. The summed E-state index contributed by atoms with van der Waals surface area (Å²) >= 11 is 7.69. The zero-order valence-corrected chi connectivity index (χ0v) is 15.9. The molecule has 3 rings (SSSR count). The summed E-state index contributed by atoms with van der Waals surface area (Å²) in [6, 6.07) is 3.81. The van der Waals surface area contributed by atoms with Crippen LogP contribution in [-0.2, 0) is 11.3 Å². The van der Waals surface area contributed by atoms with Crippen LogP contribution >= 0.6 is 22.9 Å². The maximum Gasteiger partial charge on any atom is 0.250 e. The van der Waals surface area contributed by atoms with E-state index in [0.29, 0.717) is 16.7 Å². The lowest BCUT2D eigenvalue weighted by molar-refractivity contribution is -0.119. The Hall–Kier alpha value is -2.03. The standard InChI is InChI=1S/C16H19ClN6OS/c1-11-12(17)4-5-13-15(11)20-16(25-13)23(7-6-21(2)3)14(24)8-22-10-18-9-19-22/h4-5,9-10H,6-8H2,1-3H3. The molecule has 0 aliphatic heterocycles. The van der Waals surface area contributed by atoms with Gasteiger partial charge in [0.25, 0.3) is 5.91 Å². The van der Waals surface area contributed by atoms with Gasteiger partial charge < -0.3 is 4.90 Å². The van der Waals surface area contributed by atoms with Crippen LogP contribution in [0.5, 0.6) is 0 Å². The number of fused-ring (bicyclic) bond motifs is 1. The SMILES string of the molecule is Cc1c(Cl)ccc2sc(N(CCN(C)C)C(=O)Cn3cncn3)nc12. The van der Waals surface area contributed by atoms with Crippen molar-refractivity contribution in [2.45, 2.75) is 13.5 Å². The number of halogens is 1. The molecule has 2 heterocycles. The van der Waals surface area contributed by atoms with Gasteiger partial charge in [0.15, 0.2) is 5.13 Å². The first-order valence-electron chi connectivity index (χ1n) is 7.79. The van der Waals surface area contributed by atoms with E-state index in [0.717, 1.165) is 22.3 Å². The fourth-order valence-corrected chi connectivity index (χ4v) is 3.59. The molecular formula is C16H19ClN6OS. The van der Waals surface area contributed by atoms with Crippen LogP contribution in [0.25, 0.3) is 10.2 Å². The Morgan fingerprint density at radius 3 is 2.80 bits per heavy atom. The number of aromatic nitrogens is 4. The van der Waals surface area contributed by atoms with E-state index in [1.54, 1.807) is 4.90 Å². The molecule has 0 unspecified atom stereocenters. The van der Waals surface area contributed by atoms with Crippen LogP contribution in [0.3, 0.4) is 0 Å². The number of anilines is 1. The Morgan fingerprint density at radius 2 is 2.12 bits per heavy atom. The Kier molecular flexibility index (Phi) is 5.31. The third-order valence-corrected chi connectivity index (χ3v) is 5.26. The van der Waals surface area contributed by atoms with Crippen molar-refractivity contribution < 1.29 is 4.79 Å². The lowest BCUT2D eigenvalue weighted by atomic mass is 10.2. The number of carbonyl (C=O) groups excluding carboxylic acids is 1. The zero-order chi connectivity index (χ0) is 18.0. The Labute approximate surface area is 154 Å². The Morgan fingerprint density at radius 1 is 1.32 bits per heavy atom. The van der Waals surface area contributed by atoms with Crippen molar-refractivity contribution >= 4 is 44.2 Å². The van der Waals surface area contributed by atoms with Crippen LogP contribution in [0.2, 0.25) is 5.02 Å². The van der Waals surface area contributed by atoms with Crippen LogP contribution < -0.4 is 4.90 Å². The number of likely N-dealkylation sites (N-methyl/N-ethyl adjacent to an activating group) is 1. The largest absolute Gasteiger partial charge is 0.308 e. The molecule has 0 aliphatic rings. The lowest BCUT2D eigenvalue weighted by Gasteiger charge is -2.21. The van der Waals surface area contributed by atoms with Gasteiger partial charge in [-0.25, -0.2) is 14.6 Å². The molecule has 3 aromatic rings. The van der Waals surface area contributed by atoms with Crippen molar-refractivity contribution in [3.8, 4) is 0 Å². The van der Waals surface area contributed by atoms with Crippen LogP contribution in [0, 0.1) is 6.92 Å². The number of benzene rings is 1. The van der Waals surface area contributed by atoms with E-state index in [1.165, 1.54) is 28.7 Å². The third kappa shape index (κ3) is 3.97. The summed E-state index contributed by atoms with van der Waals surface area (Å²) in [5, 5.41) is 5.36. The smallest absolute Gasteiger partial charge is 0.250 e. The second-order valence-electron chi connectivity index (χ2n) is 5.96. The molecule has 0 aliphatic carbocycles. The topological polar surface area (TPSA) is 67.2 Å². The maximum atomic E-state index is 12.8. The number of nitrogens with zero attached hydrogens (tertiary/aromatic N) is 6. The van der Waals surface area contributed by atoms with Gasteiger partial charge in [0.05, 0.1) is 10.2 Å². The fraction of sp³-hybridized carbons (Fsp3) is 0.375. The monoisotopic (exact) mass is 378 g/mol. The summed E-state index contributed by atoms with van der Waals surface area (Å²) in [5.74, 6) is -0.0739. The van der Waals surface area contributed by atoms with Crippen molar-refractivity contribution in [2.24, 2.45) is 0 Å². The number of hydrogen-bond donors (Lipinski definition) is 0. The minimum Gasteiger partial charge on any atom is -0.308 e. The van der Waals surface area contributed by atoms with Crippen molar-refractivity contribution in [3.05, 3.63) is 35.4 Å². The van der Waals surface area contributed by atoms with Crippen LogP contribution in [0.15, 0.2) is 24.8 Å². The molecule has 0 N–H and O–H groups in total. The summed E-state index contributed by atoms with van der Waals surface area (Å²) in [6.45, 7) is 3.35. The van der Waals surface area contributed by atoms with Gasteiger partial charge in [0.2, 0.25) is 0 Å². The highest BCUT2D eigenvalue weighted by molar-refractivity contribution is 7.22.